The van der Waals surface area contributed by atoms with Crippen LogP contribution in [0.25, 0.3) is 0 Å². The largest absolute Gasteiger partial charge is 0.367 e. The summed E-state index contributed by atoms with van der Waals surface area (Å²) in [5.41, 5.74) is 7.65. The Morgan fingerprint density at radius 3 is 2.94 bits per heavy atom. The molecule has 90 valence electrons. The molecule has 0 spiro atoms. The van der Waals surface area contributed by atoms with Crippen LogP contribution >= 0.6 is 15.9 Å². The molecule has 3 nitrogen and oxygen atoms in total. The van der Waals surface area contributed by atoms with Gasteiger partial charge in [0.05, 0.1) is 5.56 Å². The molecule has 1 aliphatic heterocycles. The van der Waals surface area contributed by atoms with Gasteiger partial charge in [0.2, 0.25) is 0 Å². The first kappa shape index (κ1) is 12.4. The van der Waals surface area contributed by atoms with Crippen molar-refractivity contribution in [2.45, 2.75) is 25.3 Å². The van der Waals surface area contributed by atoms with Crippen molar-refractivity contribution in [2.24, 2.45) is 5.73 Å². The van der Waals surface area contributed by atoms with Crippen molar-refractivity contribution >= 4 is 21.6 Å². The summed E-state index contributed by atoms with van der Waals surface area (Å²) in [6.07, 6.45) is 3.64. The third-order valence-corrected chi connectivity index (χ3v) is 3.96. The van der Waals surface area contributed by atoms with Gasteiger partial charge in [0.25, 0.3) is 0 Å². The molecular weight excluding hydrogens is 278 g/mol. The predicted molar refractivity (Wildman–Crippen MR) is 72.9 cm³/mol. The van der Waals surface area contributed by atoms with Gasteiger partial charge in [-0.25, -0.2) is 0 Å². The van der Waals surface area contributed by atoms with Gasteiger partial charge in [-0.05, 0) is 53.4 Å². The molecule has 0 aliphatic carbocycles. The number of hydrogen-bond acceptors (Lipinski definition) is 3. The topological polar surface area (TPSA) is 53.0 Å². The summed E-state index contributed by atoms with van der Waals surface area (Å²) in [4.78, 5) is 2.36. The molecule has 0 amide bonds. The van der Waals surface area contributed by atoms with Crippen molar-refractivity contribution in [2.75, 3.05) is 18.0 Å². The fourth-order valence-electron chi connectivity index (χ4n) is 2.36. The van der Waals surface area contributed by atoms with E-state index in [1.165, 1.54) is 12.8 Å². The van der Waals surface area contributed by atoms with Gasteiger partial charge >= 0.3 is 0 Å². The molecule has 1 aromatic rings. The molecule has 1 aliphatic rings. The van der Waals surface area contributed by atoms with Crippen LogP contribution in [-0.2, 0) is 0 Å². The zero-order chi connectivity index (χ0) is 12.3. The molecule has 0 saturated carbocycles. The molecule has 0 aromatic heterocycles. The van der Waals surface area contributed by atoms with Gasteiger partial charge in [-0.3, -0.25) is 0 Å². The van der Waals surface area contributed by atoms with Crippen molar-refractivity contribution in [1.29, 1.82) is 5.26 Å². The molecule has 17 heavy (non-hydrogen) atoms. The summed E-state index contributed by atoms with van der Waals surface area (Å²) in [5.74, 6) is 0. The summed E-state index contributed by atoms with van der Waals surface area (Å²) >= 11 is 3.44. The second-order valence-corrected chi connectivity index (χ2v) is 5.21. The molecule has 1 fully saturated rings. The van der Waals surface area contributed by atoms with E-state index in [-0.39, 0.29) is 0 Å². The monoisotopic (exact) mass is 293 g/mol. The Hall–Kier alpha value is -1.05. The van der Waals surface area contributed by atoms with Crippen molar-refractivity contribution in [3.05, 3.63) is 28.2 Å². The summed E-state index contributed by atoms with van der Waals surface area (Å²) in [6, 6.07) is 8.49. The minimum atomic E-state index is 0.434. The van der Waals surface area contributed by atoms with Gasteiger partial charge in [0, 0.05) is 29.3 Å². The van der Waals surface area contributed by atoms with Crippen molar-refractivity contribution < 1.29 is 0 Å². The van der Waals surface area contributed by atoms with Crippen LogP contribution in [0.2, 0.25) is 0 Å². The van der Waals surface area contributed by atoms with Gasteiger partial charge < -0.3 is 10.6 Å². The minimum Gasteiger partial charge on any atom is -0.367 e. The van der Waals surface area contributed by atoms with Crippen molar-refractivity contribution in [1.82, 2.24) is 0 Å². The minimum absolute atomic E-state index is 0.434. The van der Waals surface area contributed by atoms with Crippen molar-refractivity contribution in [3.8, 4) is 6.07 Å². The van der Waals surface area contributed by atoms with Gasteiger partial charge in [0.1, 0.15) is 6.07 Å². The molecular formula is C13H16BrN3. The molecule has 1 atom stereocenters. The standard InChI is InChI=1S/C13H16BrN3/c14-13-7-11(5-4-10(13)8-15)17-6-2-1-3-12(17)9-16/h4-5,7,12H,1-3,6,9,16H2. The highest BCUT2D eigenvalue weighted by Gasteiger charge is 2.21. The van der Waals surface area contributed by atoms with E-state index in [2.05, 4.69) is 26.9 Å². The summed E-state index contributed by atoms with van der Waals surface area (Å²) in [5, 5.41) is 8.90. The molecule has 1 heterocycles. The number of nitrogens with two attached hydrogens (primary N) is 1. The van der Waals surface area contributed by atoms with E-state index in [0.717, 1.165) is 23.1 Å². The van der Waals surface area contributed by atoms with E-state index in [9.17, 15) is 0 Å². The van der Waals surface area contributed by atoms with E-state index in [1.807, 2.05) is 18.2 Å². The zero-order valence-corrected chi connectivity index (χ0v) is 11.3. The summed E-state index contributed by atoms with van der Waals surface area (Å²) < 4.78 is 0.860. The van der Waals surface area contributed by atoms with Crippen LogP contribution in [0.5, 0.6) is 0 Å². The maximum absolute atomic E-state index is 8.90. The third-order valence-electron chi connectivity index (χ3n) is 3.30. The van der Waals surface area contributed by atoms with Crippen LogP contribution in [0, 0.1) is 11.3 Å². The van der Waals surface area contributed by atoms with Crippen LogP contribution in [0.3, 0.4) is 0 Å². The fourth-order valence-corrected chi connectivity index (χ4v) is 2.81. The van der Waals surface area contributed by atoms with Crippen molar-refractivity contribution in [3.63, 3.8) is 0 Å². The summed E-state index contributed by atoms with van der Waals surface area (Å²) in [6.45, 7) is 1.75. The highest BCUT2D eigenvalue weighted by atomic mass is 79.9. The molecule has 0 bridgehead atoms. The Labute approximate surface area is 110 Å². The van der Waals surface area contributed by atoms with Gasteiger partial charge in [0.15, 0.2) is 0 Å². The van der Waals surface area contributed by atoms with E-state index in [1.54, 1.807) is 0 Å². The second-order valence-electron chi connectivity index (χ2n) is 4.35. The lowest BCUT2D eigenvalue weighted by atomic mass is 10.0. The lowest BCUT2D eigenvalue weighted by Crippen LogP contribution is -2.44. The van der Waals surface area contributed by atoms with Crippen LogP contribution in [0.4, 0.5) is 5.69 Å². The van der Waals surface area contributed by atoms with Crippen LogP contribution in [0.1, 0.15) is 24.8 Å². The molecule has 4 heteroatoms. The fraction of sp³-hybridized carbons (Fsp3) is 0.462. The first-order valence-corrected chi connectivity index (χ1v) is 6.72. The second kappa shape index (κ2) is 5.52. The highest BCUT2D eigenvalue weighted by molar-refractivity contribution is 9.10. The number of piperidine rings is 1. The number of nitrogens with zero attached hydrogens (tertiary/aromatic N) is 2. The first-order valence-electron chi connectivity index (χ1n) is 5.92. The average molecular weight is 294 g/mol. The van der Waals surface area contributed by atoms with Crippen LogP contribution in [-0.4, -0.2) is 19.1 Å². The number of halogens is 1. The van der Waals surface area contributed by atoms with Crippen LogP contribution in [0.15, 0.2) is 22.7 Å². The Bertz CT molecular complexity index is 439. The molecule has 2 N–H and O–H groups in total. The lowest BCUT2D eigenvalue weighted by molar-refractivity contribution is 0.465. The lowest BCUT2D eigenvalue weighted by Gasteiger charge is -2.37. The number of anilines is 1. The SMILES string of the molecule is N#Cc1ccc(N2CCCCC2CN)cc1Br. The normalized spacial score (nSPS) is 20.1. The number of nitriles is 1. The van der Waals surface area contributed by atoms with Gasteiger partial charge in [-0.15, -0.1) is 0 Å². The van der Waals surface area contributed by atoms with E-state index in [4.69, 9.17) is 11.0 Å². The Balaban J connectivity index is 2.26. The highest BCUT2D eigenvalue weighted by Crippen LogP contribution is 2.28. The van der Waals surface area contributed by atoms with Gasteiger partial charge in [-0.2, -0.15) is 5.26 Å². The predicted octanol–water partition coefficient (Wildman–Crippen LogP) is 2.64. The molecule has 0 radical (unpaired) electrons. The molecule has 2 rings (SSSR count). The number of benzene rings is 1. The molecule has 1 aromatic carbocycles. The summed E-state index contributed by atoms with van der Waals surface area (Å²) in [7, 11) is 0. The smallest absolute Gasteiger partial charge is 0.100 e. The third kappa shape index (κ3) is 2.62. The maximum atomic E-state index is 8.90. The maximum Gasteiger partial charge on any atom is 0.100 e. The van der Waals surface area contributed by atoms with E-state index < -0.39 is 0 Å². The Kier molecular flexibility index (Phi) is 4.03. The number of rotatable bonds is 2. The van der Waals surface area contributed by atoms with E-state index in [0.29, 0.717) is 18.2 Å². The number of hydrogen-bond donors (Lipinski definition) is 1. The van der Waals surface area contributed by atoms with Crippen LogP contribution < -0.4 is 10.6 Å². The average Bonchev–Trinajstić information content (AvgIpc) is 2.38. The van der Waals surface area contributed by atoms with E-state index >= 15 is 0 Å². The molecule has 1 unspecified atom stereocenters. The zero-order valence-electron chi connectivity index (χ0n) is 9.69. The van der Waals surface area contributed by atoms with Gasteiger partial charge in [-0.1, -0.05) is 0 Å². The Morgan fingerprint density at radius 1 is 1.47 bits per heavy atom. The molecule has 1 saturated heterocycles. The quantitative estimate of drug-likeness (QED) is 0.912. The first-order chi connectivity index (χ1) is 8.26. The Morgan fingerprint density at radius 2 is 2.29 bits per heavy atom.